The minimum atomic E-state index is -0.850. The molecule has 2 aliphatic rings. The Bertz CT molecular complexity index is 657. The molecular weight excluding hydrogens is 318 g/mol. The molecule has 0 aromatic heterocycles. The fourth-order valence-electron chi connectivity index (χ4n) is 3.88. The molecule has 6 nitrogen and oxygen atoms in total. The Morgan fingerprint density at radius 3 is 2.60 bits per heavy atom. The molecule has 2 N–H and O–H groups in total. The van der Waals surface area contributed by atoms with Crippen molar-refractivity contribution in [3.05, 3.63) is 24.3 Å². The van der Waals surface area contributed by atoms with Crippen LogP contribution in [0.5, 0.6) is 0 Å². The van der Waals surface area contributed by atoms with Crippen LogP contribution in [-0.4, -0.2) is 48.2 Å². The van der Waals surface area contributed by atoms with Crippen molar-refractivity contribution in [1.29, 1.82) is 0 Å². The molecule has 1 aromatic rings. The van der Waals surface area contributed by atoms with E-state index in [1.807, 2.05) is 24.3 Å². The average Bonchev–Trinajstić information content (AvgIpc) is 3.25. The second-order valence-electron chi connectivity index (χ2n) is 7.53. The topological polar surface area (TPSA) is 72.9 Å². The van der Waals surface area contributed by atoms with E-state index in [1.165, 1.54) is 25.7 Å². The van der Waals surface area contributed by atoms with Crippen LogP contribution >= 0.6 is 0 Å². The summed E-state index contributed by atoms with van der Waals surface area (Å²) in [7, 11) is 2.08. The summed E-state index contributed by atoms with van der Waals surface area (Å²) in [6, 6.07) is 8.11. The van der Waals surface area contributed by atoms with Crippen molar-refractivity contribution >= 4 is 23.4 Å². The first-order chi connectivity index (χ1) is 11.9. The number of anilines is 2. The van der Waals surface area contributed by atoms with Gasteiger partial charge in [0.15, 0.2) is 0 Å². The quantitative estimate of drug-likeness (QED) is 0.877. The summed E-state index contributed by atoms with van der Waals surface area (Å²) in [6.45, 7) is 2.41. The van der Waals surface area contributed by atoms with Gasteiger partial charge in [-0.25, -0.2) is 4.79 Å². The number of benzene rings is 1. The van der Waals surface area contributed by atoms with Gasteiger partial charge in [-0.3, -0.25) is 4.79 Å². The molecule has 25 heavy (non-hydrogen) atoms. The summed E-state index contributed by atoms with van der Waals surface area (Å²) in [4.78, 5) is 27.9. The number of carbonyl (C=O) groups is 2. The molecule has 1 heterocycles. The molecule has 1 unspecified atom stereocenters. The van der Waals surface area contributed by atoms with E-state index in [1.54, 1.807) is 11.8 Å². The van der Waals surface area contributed by atoms with Crippen LogP contribution < -0.4 is 10.2 Å². The van der Waals surface area contributed by atoms with Gasteiger partial charge in [0.1, 0.15) is 0 Å². The second-order valence-corrected chi connectivity index (χ2v) is 7.53. The van der Waals surface area contributed by atoms with Gasteiger partial charge in [-0.05, 0) is 38.3 Å². The van der Waals surface area contributed by atoms with Crippen LogP contribution in [-0.2, 0) is 4.79 Å². The minimum Gasteiger partial charge on any atom is -0.481 e. The molecule has 3 rings (SSSR count). The van der Waals surface area contributed by atoms with Crippen LogP contribution in [0, 0.1) is 5.41 Å². The van der Waals surface area contributed by atoms with Crippen LogP contribution in [0.15, 0.2) is 24.3 Å². The summed E-state index contributed by atoms with van der Waals surface area (Å²) in [5.74, 6) is -0.843. The predicted octanol–water partition coefficient (Wildman–Crippen LogP) is 3.39. The van der Waals surface area contributed by atoms with Gasteiger partial charge >= 0.3 is 12.0 Å². The molecular formula is C19H27N3O3. The normalized spacial score (nSPS) is 23.7. The first-order valence-corrected chi connectivity index (χ1v) is 9.02. The van der Waals surface area contributed by atoms with E-state index in [0.717, 1.165) is 11.4 Å². The number of nitrogens with zero attached hydrogens (tertiary/aromatic N) is 2. The SMILES string of the molecule is CN(c1ccccc1NC(=O)N1CCC(C)(C(=O)O)C1)C1CCCC1. The molecule has 0 radical (unpaired) electrons. The standard InChI is InChI=1S/C19H27N3O3/c1-19(17(23)24)11-12-22(13-19)18(25)20-15-9-5-6-10-16(15)21(2)14-7-3-4-8-14/h5-6,9-10,14H,3-4,7-8,11-13H2,1-2H3,(H,20,25)(H,23,24). The van der Waals surface area contributed by atoms with Gasteiger partial charge < -0.3 is 20.2 Å². The number of amides is 2. The van der Waals surface area contributed by atoms with Crippen molar-refractivity contribution in [1.82, 2.24) is 4.90 Å². The van der Waals surface area contributed by atoms with Gasteiger partial charge in [0.05, 0.1) is 16.8 Å². The number of urea groups is 1. The zero-order valence-corrected chi connectivity index (χ0v) is 15.0. The van der Waals surface area contributed by atoms with E-state index < -0.39 is 11.4 Å². The Hall–Kier alpha value is -2.24. The Morgan fingerprint density at radius 1 is 1.28 bits per heavy atom. The molecule has 136 valence electrons. The van der Waals surface area contributed by atoms with Crippen molar-refractivity contribution in [2.75, 3.05) is 30.4 Å². The van der Waals surface area contributed by atoms with Gasteiger partial charge in [0, 0.05) is 26.2 Å². The first-order valence-electron chi connectivity index (χ1n) is 9.02. The third kappa shape index (κ3) is 3.57. The highest BCUT2D eigenvalue weighted by Gasteiger charge is 2.42. The van der Waals surface area contributed by atoms with Crippen molar-refractivity contribution in [2.24, 2.45) is 5.41 Å². The molecule has 0 spiro atoms. The Labute approximate surface area is 148 Å². The number of nitrogens with one attached hydrogen (secondary N) is 1. The zero-order valence-electron chi connectivity index (χ0n) is 15.0. The van der Waals surface area contributed by atoms with Crippen LogP contribution in [0.1, 0.15) is 39.0 Å². The molecule has 1 atom stereocenters. The summed E-state index contributed by atoms with van der Waals surface area (Å²) >= 11 is 0. The largest absolute Gasteiger partial charge is 0.481 e. The average molecular weight is 345 g/mol. The summed E-state index contributed by atoms with van der Waals surface area (Å²) in [6.07, 6.45) is 5.36. The third-order valence-corrected chi connectivity index (χ3v) is 5.67. The molecule has 1 saturated heterocycles. The number of hydrogen-bond acceptors (Lipinski definition) is 3. The predicted molar refractivity (Wildman–Crippen MR) is 98.1 cm³/mol. The number of hydrogen-bond donors (Lipinski definition) is 2. The van der Waals surface area contributed by atoms with Crippen LogP contribution in [0.2, 0.25) is 0 Å². The lowest BCUT2D eigenvalue weighted by Gasteiger charge is -2.29. The molecule has 1 aliphatic carbocycles. The smallest absolute Gasteiger partial charge is 0.321 e. The number of carbonyl (C=O) groups excluding carboxylic acids is 1. The number of rotatable bonds is 4. The molecule has 1 aliphatic heterocycles. The molecule has 1 aromatic carbocycles. The van der Waals surface area contributed by atoms with Crippen molar-refractivity contribution in [2.45, 2.75) is 45.1 Å². The number of carboxylic acid groups (broad SMARTS) is 1. The molecule has 2 amide bonds. The Kier molecular flexibility index (Phi) is 4.88. The van der Waals surface area contributed by atoms with E-state index in [9.17, 15) is 14.7 Å². The highest BCUT2D eigenvalue weighted by atomic mass is 16.4. The van der Waals surface area contributed by atoms with Gasteiger partial charge in [0.2, 0.25) is 0 Å². The van der Waals surface area contributed by atoms with E-state index in [4.69, 9.17) is 0 Å². The lowest BCUT2D eigenvalue weighted by Crippen LogP contribution is -2.37. The molecule has 1 saturated carbocycles. The number of para-hydroxylation sites is 2. The zero-order chi connectivity index (χ0) is 18.0. The van der Waals surface area contributed by atoms with Crippen LogP contribution in [0.25, 0.3) is 0 Å². The van der Waals surface area contributed by atoms with E-state index in [2.05, 4.69) is 17.3 Å². The fraction of sp³-hybridized carbons (Fsp3) is 0.579. The second kappa shape index (κ2) is 6.94. The van der Waals surface area contributed by atoms with Crippen molar-refractivity contribution in [3.8, 4) is 0 Å². The summed E-state index contributed by atoms with van der Waals surface area (Å²) in [5, 5.41) is 12.3. The first kappa shape index (κ1) is 17.6. The minimum absolute atomic E-state index is 0.225. The molecule has 0 bridgehead atoms. The van der Waals surface area contributed by atoms with E-state index in [-0.39, 0.29) is 12.6 Å². The lowest BCUT2D eigenvalue weighted by molar-refractivity contribution is -0.146. The Balaban J connectivity index is 1.71. The highest BCUT2D eigenvalue weighted by molar-refractivity contribution is 5.94. The fourth-order valence-corrected chi connectivity index (χ4v) is 3.88. The maximum atomic E-state index is 12.6. The number of likely N-dealkylation sites (tertiary alicyclic amines) is 1. The lowest BCUT2D eigenvalue weighted by atomic mass is 9.90. The van der Waals surface area contributed by atoms with Gasteiger partial charge in [0.25, 0.3) is 0 Å². The monoisotopic (exact) mass is 345 g/mol. The van der Waals surface area contributed by atoms with Crippen molar-refractivity contribution < 1.29 is 14.7 Å². The highest BCUT2D eigenvalue weighted by Crippen LogP contribution is 2.33. The maximum Gasteiger partial charge on any atom is 0.321 e. The van der Waals surface area contributed by atoms with E-state index >= 15 is 0 Å². The number of carboxylic acids is 1. The van der Waals surface area contributed by atoms with Crippen molar-refractivity contribution in [3.63, 3.8) is 0 Å². The number of aliphatic carboxylic acids is 1. The van der Waals surface area contributed by atoms with E-state index in [0.29, 0.717) is 19.0 Å². The maximum absolute atomic E-state index is 12.6. The summed E-state index contributed by atoms with van der Waals surface area (Å²) in [5.41, 5.74) is 0.950. The van der Waals surface area contributed by atoms with Crippen LogP contribution in [0.3, 0.4) is 0 Å². The van der Waals surface area contributed by atoms with Gasteiger partial charge in [-0.1, -0.05) is 25.0 Å². The Morgan fingerprint density at radius 2 is 1.96 bits per heavy atom. The third-order valence-electron chi connectivity index (χ3n) is 5.67. The molecule has 2 fully saturated rings. The summed E-state index contributed by atoms with van der Waals surface area (Å²) < 4.78 is 0. The van der Waals surface area contributed by atoms with Gasteiger partial charge in [-0.15, -0.1) is 0 Å². The van der Waals surface area contributed by atoms with Gasteiger partial charge in [-0.2, -0.15) is 0 Å². The molecule has 6 heteroatoms. The van der Waals surface area contributed by atoms with Crippen LogP contribution in [0.4, 0.5) is 16.2 Å².